The van der Waals surface area contributed by atoms with Gasteiger partial charge in [-0.1, -0.05) is 12.1 Å². The third-order valence-corrected chi connectivity index (χ3v) is 4.69. The van der Waals surface area contributed by atoms with Crippen LogP contribution in [0.4, 0.5) is 0 Å². The number of nitrogens with zero attached hydrogens (tertiary/aromatic N) is 2. The van der Waals surface area contributed by atoms with Crippen LogP contribution in [0.3, 0.4) is 0 Å². The number of aromatic nitrogens is 1. The Labute approximate surface area is 149 Å². The van der Waals surface area contributed by atoms with Crippen molar-refractivity contribution in [2.75, 3.05) is 20.2 Å². The summed E-state index contributed by atoms with van der Waals surface area (Å²) in [4.78, 5) is 18.1. The maximum Gasteiger partial charge on any atom is 0.223 e. The molecule has 5 nitrogen and oxygen atoms in total. The minimum Gasteiger partial charge on any atom is -0.494 e. The molecule has 1 aliphatic rings. The van der Waals surface area contributed by atoms with E-state index in [0.29, 0.717) is 13.0 Å². The summed E-state index contributed by atoms with van der Waals surface area (Å²) in [5.74, 6) is 1.36. The number of nitrogens with one attached hydrogen (secondary N) is 1. The SMILES string of the molecule is CCOc1cccc(CNC[C@@H]2CC(=O)N(C)[C@H]2c2ccncc2)c1. The van der Waals surface area contributed by atoms with Crippen LogP contribution >= 0.6 is 0 Å². The van der Waals surface area contributed by atoms with E-state index in [4.69, 9.17) is 4.74 Å². The Morgan fingerprint density at radius 1 is 1.28 bits per heavy atom. The summed E-state index contributed by atoms with van der Waals surface area (Å²) in [6.45, 7) is 4.21. The van der Waals surface area contributed by atoms with Gasteiger partial charge in [-0.3, -0.25) is 9.78 Å². The number of amides is 1. The lowest BCUT2D eigenvalue weighted by Crippen LogP contribution is -2.29. The van der Waals surface area contributed by atoms with Gasteiger partial charge in [0.05, 0.1) is 12.6 Å². The molecule has 0 saturated carbocycles. The van der Waals surface area contributed by atoms with Gasteiger partial charge in [0.1, 0.15) is 5.75 Å². The number of rotatable bonds is 7. The van der Waals surface area contributed by atoms with Gasteiger partial charge in [-0.25, -0.2) is 0 Å². The lowest BCUT2D eigenvalue weighted by Gasteiger charge is -2.25. The molecule has 1 aromatic heterocycles. The van der Waals surface area contributed by atoms with Crippen LogP contribution in [-0.4, -0.2) is 36.0 Å². The van der Waals surface area contributed by atoms with Gasteiger partial charge in [0.2, 0.25) is 5.91 Å². The third kappa shape index (κ3) is 4.17. The number of hydrogen-bond donors (Lipinski definition) is 1. The fourth-order valence-electron chi connectivity index (χ4n) is 3.51. The molecule has 0 radical (unpaired) electrons. The molecular weight excluding hydrogens is 314 g/mol. The summed E-state index contributed by atoms with van der Waals surface area (Å²) in [7, 11) is 1.89. The normalized spacial score (nSPS) is 20.1. The Kier molecular flexibility index (Phi) is 5.66. The van der Waals surface area contributed by atoms with E-state index in [-0.39, 0.29) is 17.9 Å². The fourth-order valence-corrected chi connectivity index (χ4v) is 3.51. The average molecular weight is 339 g/mol. The number of ether oxygens (including phenoxy) is 1. The molecule has 0 bridgehead atoms. The van der Waals surface area contributed by atoms with Crippen LogP contribution in [0.1, 0.15) is 30.5 Å². The molecule has 132 valence electrons. The van der Waals surface area contributed by atoms with E-state index in [1.165, 1.54) is 5.56 Å². The third-order valence-electron chi connectivity index (χ3n) is 4.69. The first-order chi connectivity index (χ1) is 12.2. The molecule has 0 aliphatic carbocycles. The van der Waals surface area contributed by atoms with Gasteiger partial charge >= 0.3 is 0 Å². The first kappa shape index (κ1) is 17.4. The van der Waals surface area contributed by atoms with Crippen LogP contribution in [0.5, 0.6) is 5.75 Å². The van der Waals surface area contributed by atoms with Crippen molar-refractivity contribution >= 4 is 5.91 Å². The Balaban J connectivity index is 1.62. The van der Waals surface area contributed by atoms with E-state index in [9.17, 15) is 4.79 Å². The summed E-state index contributed by atoms with van der Waals surface area (Å²) in [5.41, 5.74) is 2.33. The Morgan fingerprint density at radius 2 is 2.08 bits per heavy atom. The van der Waals surface area contributed by atoms with Crippen molar-refractivity contribution in [1.82, 2.24) is 15.2 Å². The smallest absolute Gasteiger partial charge is 0.223 e. The summed E-state index contributed by atoms with van der Waals surface area (Å²) in [6.07, 6.45) is 4.15. The molecule has 1 amide bonds. The van der Waals surface area contributed by atoms with Gasteiger partial charge in [-0.2, -0.15) is 0 Å². The van der Waals surface area contributed by atoms with Gasteiger partial charge in [0.25, 0.3) is 0 Å². The second-order valence-electron chi connectivity index (χ2n) is 6.41. The van der Waals surface area contributed by atoms with Gasteiger partial charge in [0, 0.05) is 44.9 Å². The molecule has 2 aromatic rings. The summed E-state index contributed by atoms with van der Waals surface area (Å²) in [5, 5.41) is 3.50. The highest BCUT2D eigenvalue weighted by atomic mass is 16.5. The van der Waals surface area contributed by atoms with Gasteiger partial charge in [0.15, 0.2) is 0 Å². The van der Waals surface area contributed by atoms with E-state index in [2.05, 4.69) is 22.4 Å². The zero-order chi connectivity index (χ0) is 17.6. The van der Waals surface area contributed by atoms with Crippen molar-refractivity contribution in [2.45, 2.75) is 25.9 Å². The molecule has 1 aliphatic heterocycles. The van der Waals surface area contributed by atoms with E-state index in [1.807, 2.05) is 43.1 Å². The maximum atomic E-state index is 12.2. The van der Waals surface area contributed by atoms with Crippen LogP contribution in [0.2, 0.25) is 0 Å². The van der Waals surface area contributed by atoms with E-state index >= 15 is 0 Å². The predicted octanol–water partition coefficient (Wildman–Crippen LogP) is 2.79. The van der Waals surface area contributed by atoms with Crippen LogP contribution in [-0.2, 0) is 11.3 Å². The molecule has 2 heterocycles. The van der Waals surface area contributed by atoms with E-state index in [0.717, 1.165) is 24.4 Å². The maximum absolute atomic E-state index is 12.2. The van der Waals surface area contributed by atoms with E-state index < -0.39 is 0 Å². The minimum atomic E-state index is 0.109. The standard InChI is InChI=1S/C20H25N3O2/c1-3-25-18-6-4-5-15(11-18)13-22-14-17-12-19(24)23(2)20(17)16-7-9-21-10-8-16/h4-11,17,20,22H,3,12-14H2,1-2H3/t17-,20-/m0/s1. The minimum absolute atomic E-state index is 0.109. The fraction of sp³-hybridized carbons (Fsp3) is 0.400. The highest BCUT2D eigenvalue weighted by molar-refractivity contribution is 5.79. The second kappa shape index (κ2) is 8.12. The zero-order valence-electron chi connectivity index (χ0n) is 14.8. The molecule has 3 rings (SSSR count). The van der Waals surface area contributed by atoms with Crippen molar-refractivity contribution in [2.24, 2.45) is 5.92 Å². The Morgan fingerprint density at radius 3 is 2.84 bits per heavy atom. The van der Waals surface area contributed by atoms with Gasteiger partial charge in [-0.15, -0.1) is 0 Å². The monoisotopic (exact) mass is 339 g/mol. The zero-order valence-corrected chi connectivity index (χ0v) is 14.8. The molecule has 5 heteroatoms. The Hall–Kier alpha value is -2.40. The van der Waals surface area contributed by atoms with Crippen LogP contribution in [0.25, 0.3) is 0 Å². The molecule has 0 spiro atoms. The lowest BCUT2D eigenvalue weighted by molar-refractivity contribution is -0.127. The molecule has 0 unspecified atom stereocenters. The largest absolute Gasteiger partial charge is 0.494 e. The topological polar surface area (TPSA) is 54.5 Å². The highest BCUT2D eigenvalue weighted by Gasteiger charge is 2.37. The molecule has 1 saturated heterocycles. The summed E-state index contributed by atoms with van der Waals surface area (Å²) >= 11 is 0. The number of likely N-dealkylation sites (tertiary alicyclic amines) is 1. The molecule has 1 aromatic carbocycles. The lowest BCUT2D eigenvalue weighted by atomic mass is 9.94. The highest BCUT2D eigenvalue weighted by Crippen LogP contribution is 2.36. The van der Waals surface area contributed by atoms with Crippen LogP contribution in [0, 0.1) is 5.92 Å². The second-order valence-corrected chi connectivity index (χ2v) is 6.41. The summed E-state index contributed by atoms with van der Waals surface area (Å²) < 4.78 is 5.54. The van der Waals surface area contributed by atoms with Crippen LogP contribution in [0.15, 0.2) is 48.8 Å². The number of pyridine rings is 1. The van der Waals surface area contributed by atoms with Crippen molar-refractivity contribution in [3.05, 3.63) is 59.9 Å². The quantitative estimate of drug-likeness (QED) is 0.843. The number of hydrogen-bond acceptors (Lipinski definition) is 4. The van der Waals surface area contributed by atoms with Crippen molar-refractivity contribution in [1.29, 1.82) is 0 Å². The van der Waals surface area contributed by atoms with Gasteiger partial charge < -0.3 is 15.0 Å². The van der Waals surface area contributed by atoms with Gasteiger partial charge in [-0.05, 0) is 42.3 Å². The average Bonchev–Trinajstić information content (AvgIpc) is 2.90. The number of carbonyl (C=O) groups excluding carboxylic acids is 1. The van der Waals surface area contributed by atoms with Crippen molar-refractivity contribution in [3.63, 3.8) is 0 Å². The number of carbonyl (C=O) groups is 1. The molecule has 2 atom stereocenters. The predicted molar refractivity (Wildman–Crippen MR) is 97.2 cm³/mol. The molecular formula is C20H25N3O2. The molecule has 1 fully saturated rings. The number of benzene rings is 1. The first-order valence-corrected chi connectivity index (χ1v) is 8.77. The van der Waals surface area contributed by atoms with E-state index in [1.54, 1.807) is 12.4 Å². The van der Waals surface area contributed by atoms with Crippen LogP contribution < -0.4 is 10.1 Å². The first-order valence-electron chi connectivity index (χ1n) is 8.77. The van der Waals surface area contributed by atoms with Crippen molar-refractivity contribution < 1.29 is 9.53 Å². The molecule has 25 heavy (non-hydrogen) atoms. The summed E-state index contributed by atoms with van der Waals surface area (Å²) in [6, 6.07) is 12.2. The Bertz CT molecular complexity index is 705. The molecule has 1 N–H and O–H groups in total. The van der Waals surface area contributed by atoms with Crippen molar-refractivity contribution in [3.8, 4) is 5.75 Å².